The fourth-order valence-corrected chi connectivity index (χ4v) is 2.47. The molecule has 0 fully saturated rings. The minimum atomic E-state index is 0.618. The van der Waals surface area contributed by atoms with Gasteiger partial charge in [0.2, 0.25) is 0 Å². The van der Waals surface area contributed by atoms with Gasteiger partial charge in [-0.3, -0.25) is 0 Å². The molecule has 0 aromatic heterocycles. The first kappa shape index (κ1) is 17.3. The maximum Gasteiger partial charge on any atom is 0.119 e. The topological polar surface area (TPSA) is 9.23 Å². The molecule has 0 amide bonds. The average molecular weight is 308 g/mol. The maximum absolute atomic E-state index is 5.86. The first-order chi connectivity index (χ1) is 11.3. The third kappa shape index (κ3) is 6.32. The van der Waals surface area contributed by atoms with Gasteiger partial charge in [0.1, 0.15) is 12.4 Å². The largest absolute Gasteiger partial charge is 0.489 e. The summed E-state index contributed by atoms with van der Waals surface area (Å²) in [6.45, 7) is 5.04. The van der Waals surface area contributed by atoms with Gasteiger partial charge in [-0.25, -0.2) is 0 Å². The predicted octanol–water partition coefficient (Wildman–Crippen LogP) is 6.42. The Labute approximate surface area is 141 Å². The Bertz CT molecular complexity index is 578. The van der Waals surface area contributed by atoms with Gasteiger partial charge in [-0.05, 0) is 41.7 Å². The van der Waals surface area contributed by atoms with Crippen molar-refractivity contribution in [2.45, 2.75) is 52.6 Å². The van der Waals surface area contributed by atoms with Crippen LogP contribution in [0.25, 0.3) is 6.08 Å². The number of unbranched alkanes of at least 4 members (excludes halogenated alkanes) is 2. The molecule has 0 aliphatic heterocycles. The van der Waals surface area contributed by atoms with E-state index in [0.29, 0.717) is 6.61 Å². The number of ether oxygens (including phenoxy) is 1. The number of hydrogen-bond donors (Lipinski definition) is 0. The summed E-state index contributed by atoms with van der Waals surface area (Å²) in [7, 11) is 0. The highest BCUT2D eigenvalue weighted by Crippen LogP contribution is 2.16. The second-order valence-corrected chi connectivity index (χ2v) is 5.97. The van der Waals surface area contributed by atoms with E-state index >= 15 is 0 Å². The summed E-state index contributed by atoms with van der Waals surface area (Å²) in [6.07, 6.45) is 10.4. The first-order valence-corrected chi connectivity index (χ1v) is 8.79. The van der Waals surface area contributed by atoms with Crippen molar-refractivity contribution >= 4 is 6.08 Å². The summed E-state index contributed by atoms with van der Waals surface area (Å²) in [6, 6.07) is 17.0. The molecule has 0 aliphatic carbocycles. The van der Waals surface area contributed by atoms with Crippen molar-refractivity contribution in [1.29, 1.82) is 0 Å². The highest BCUT2D eigenvalue weighted by atomic mass is 16.5. The van der Waals surface area contributed by atoms with Crippen molar-refractivity contribution in [2.75, 3.05) is 0 Å². The Kier molecular flexibility index (Phi) is 7.45. The second kappa shape index (κ2) is 9.89. The molecule has 23 heavy (non-hydrogen) atoms. The van der Waals surface area contributed by atoms with Gasteiger partial charge >= 0.3 is 0 Å². The lowest BCUT2D eigenvalue weighted by molar-refractivity contribution is 0.306. The average Bonchev–Trinajstić information content (AvgIpc) is 2.59. The normalized spacial score (nSPS) is 11.0. The van der Waals surface area contributed by atoms with Crippen molar-refractivity contribution in [3.8, 4) is 5.75 Å². The smallest absolute Gasteiger partial charge is 0.119 e. The summed E-state index contributed by atoms with van der Waals surface area (Å²) < 4.78 is 5.86. The number of hydrogen-bond acceptors (Lipinski definition) is 1. The summed E-state index contributed by atoms with van der Waals surface area (Å²) in [5.74, 6) is 0.938. The van der Waals surface area contributed by atoms with Gasteiger partial charge in [0.15, 0.2) is 0 Å². The predicted molar refractivity (Wildman–Crippen MR) is 99.8 cm³/mol. The van der Waals surface area contributed by atoms with Crippen LogP contribution in [0.3, 0.4) is 0 Å². The summed E-state index contributed by atoms with van der Waals surface area (Å²) in [5, 5.41) is 0. The molecule has 0 bridgehead atoms. The Morgan fingerprint density at radius 1 is 0.826 bits per heavy atom. The third-order valence-corrected chi connectivity index (χ3v) is 3.88. The van der Waals surface area contributed by atoms with E-state index in [1.165, 1.54) is 36.0 Å². The second-order valence-electron chi connectivity index (χ2n) is 5.97. The van der Waals surface area contributed by atoms with Crippen LogP contribution >= 0.6 is 0 Å². The molecule has 2 aromatic rings. The standard InChI is InChI=1S/C22H28O/c1-3-5-6-7-9-20-10-12-21(13-11-20)18-23-22-16-14-19(8-4-2)15-17-22/h7,9-17H,3-6,8,18H2,1-2H3. The van der Waals surface area contributed by atoms with E-state index in [-0.39, 0.29) is 0 Å². The zero-order chi connectivity index (χ0) is 16.3. The van der Waals surface area contributed by atoms with Crippen molar-refractivity contribution in [3.05, 3.63) is 71.3 Å². The molecule has 0 saturated heterocycles. The van der Waals surface area contributed by atoms with E-state index in [9.17, 15) is 0 Å². The SMILES string of the molecule is CCCCC=Cc1ccc(COc2ccc(CCC)cc2)cc1. The minimum absolute atomic E-state index is 0.618. The van der Waals surface area contributed by atoms with Gasteiger partial charge < -0.3 is 4.74 Å². The van der Waals surface area contributed by atoms with E-state index in [1.807, 2.05) is 0 Å². The molecule has 2 rings (SSSR count). The van der Waals surface area contributed by atoms with Crippen LogP contribution in [-0.2, 0) is 13.0 Å². The van der Waals surface area contributed by atoms with Gasteiger partial charge in [0.05, 0.1) is 0 Å². The Balaban J connectivity index is 1.82. The molecule has 0 saturated carbocycles. The fraction of sp³-hybridized carbons (Fsp3) is 0.364. The van der Waals surface area contributed by atoms with Crippen LogP contribution in [-0.4, -0.2) is 0 Å². The number of benzene rings is 2. The molecule has 122 valence electrons. The molecule has 1 heteroatoms. The minimum Gasteiger partial charge on any atom is -0.489 e. The van der Waals surface area contributed by atoms with E-state index in [2.05, 4.69) is 74.5 Å². The van der Waals surface area contributed by atoms with E-state index < -0.39 is 0 Å². The molecule has 0 heterocycles. The Morgan fingerprint density at radius 2 is 1.52 bits per heavy atom. The van der Waals surface area contributed by atoms with Gasteiger partial charge in [0, 0.05) is 0 Å². The van der Waals surface area contributed by atoms with Crippen molar-refractivity contribution in [2.24, 2.45) is 0 Å². The molecule has 1 nitrogen and oxygen atoms in total. The Morgan fingerprint density at radius 3 is 2.17 bits per heavy atom. The van der Waals surface area contributed by atoms with Gasteiger partial charge in [-0.1, -0.05) is 81.7 Å². The molecule has 0 spiro atoms. The molecule has 0 aliphatic rings. The molecular weight excluding hydrogens is 280 g/mol. The number of aryl methyl sites for hydroxylation is 1. The van der Waals surface area contributed by atoms with Crippen molar-refractivity contribution in [3.63, 3.8) is 0 Å². The lowest BCUT2D eigenvalue weighted by atomic mass is 10.1. The Hall–Kier alpha value is -2.02. The number of allylic oxidation sites excluding steroid dienone is 1. The molecule has 0 unspecified atom stereocenters. The van der Waals surface area contributed by atoms with Gasteiger partial charge in [-0.2, -0.15) is 0 Å². The molecule has 0 atom stereocenters. The zero-order valence-corrected chi connectivity index (χ0v) is 14.4. The van der Waals surface area contributed by atoms with Crippen LogP contribution in [0, 0.1) is 0 Å². The summed E-state index contributed by atoms with van der Waals surface area (Å²) >= 11 is 0. The molecule has 2 aromatic carbocycles. The quantitative estimate of drug-likeness (QED) is 0.485. The summed E-state index contributed by atoms with van der Waals surface area (Å²) in [4.78, 5) is 0. The van der Waals surface area contributed by atoms with Crippen molar-refractivity contribution < 1.29 is 4.74 Å². The van der Waals surface area contributed by atoms with Crippen molar-refractivity contribution in [1.82, 2.24) is 0 Å². The molecule has 0 radical (unpaired) electrons. The van der Waals surface area contributed by atoms with Crippen LogP contribution in [0.2, 0.25) is 0 Å². The molecule has 0 N–H and O–H groups in total. The maximum atomic E-state index is 5.86. The highest BCUT2D eigenvalue weighted by molar-refractivity contribution is 5.49. The van der Waals surface area contributed by atoms with Crippen LogP contribution in [0.5, 0.6) is 5.75 Å². The third-order valence-electron chi connectivity index (χ3n) is 3.88. The van der Waals surface area contributed by atoms with Crippen LogP contribution in [0.15, 0.2) is 54.6 Å². The zero-order valence-electron chi connectivity index (χ0n) is 14.4. The lowest BCUT2D eigenvalue weighted by Crippen LogP contribution is -1.95. The van der Waals surface area contributed by atoms with E-state index in [1.54, 1.807) is 0 Å². The fourth-order valence-electron chi connectivity index (χ4n) is 2.47. The molecular formula is C22H28O. The number of rotatable bonds is 9. The first-order valence-electron chi connectivity index (χ1n) is 8.79. The lowest BCUT2D eigenvalue weighted by Gasteiger charge is -2.07. The van der Waals surface area contributed by atoms with Crippen LogP contribution < -0.4 is 4.74 Å². The van der Waals surface area contributed by atoms with Gasteiger partial charge in [-0.15, -0.1) is 0 Å². The van der Waals surface area contributed by atoms with Crippen LogP contribution in [0.4, 0.5) is 0 Å². The summed E-state index contributed by atoms with van der Waals surface area (Å²) in [5.41, 5.74) is 3.83. The van der Waals surface area contributed by atoms with Crippen LogP contribution in [0.1, 0.15) is 56.2 Å². The van der Waals surface area contributed by atoms with E-state index in [4.69, 9.17) is 4.74 Å². The highest BCUT2D eigenvalue weighted by Gasteiger charge is 1.97. The monoisotopic (exact) mass is 308 g/mol. The van der Waals surface area contributed by atoms with E-state index in [0.717, 1.165) is 18.6 Å². The van der Waals surface area contributed by atoms with Gasteiger partial charge in [0.25, 0.3) is 0 Å².